The molecule has 5 fully saturated rings. The molecule has 0 unspecified atom stereocenters. The highest BCUT2D eigenvalue weighted by Crippen LogP contribution is 2.82. The van der Waals surface area contributed by atoms with Crippen molar-refractivity contribution < 1.29 is 9.53 Å². The van der Waals surface area contributed by atoms with Crippen LogP contribution in [0.15, 0.2) is 11.6 Å². The molecular weight excluding hydrogens is 356 g/mol. The first-order chi connectivity index (χ1) is 13.9. The van der Waals surface area contributed by atoms with E-state index in [4.69, 9.17) is 4.74 Å². The van der Waals surface area contributed by atoms with E-state index in [0.29, 0.717) is 17.4 Å². The first-order valence-corrected chi connectivity index (χ1v) is 12.6. The lowest BCUT2D eigenvalue weighted by atomic mass is 9.45. The fraction of sp³-hybridized carbons (Fsp3) is 0.889. The van der Waals surface area contributed by atoms with Gasteiger partial charge in [0.1, 0.15) is 0 Å². The van der Waals surface area contributed by atoms with Crippen molar-refractivity contribution in [3.63, 3.8) is 0 Å². The SMILES string of the molecule is C/C=C1/C[C@@H](CCCCOC(C)=O)[C@H]2[C@@H]3CC[C@]45C[C@H]4CC[C@]5(C)[C@H]3CC[C@]12C. The molecule has 0 aromatic heterocycles. The van der Waals surface area contributed by atoms with Gasteiger partial charge in [-0.25, -0.2) is 0 Å². The standard InChI is InChI=1S/C27H42O2/c1-5-20-16-19(8-6-7-15-29-18(2)28)24-22-10-14-27-17-21(27)9-13-26(27,4)23(22)11-12-25(20,24)3/h5,19,21-24H,6-17H2,1-4H3/b20-5-/t19-,21-,22-,23+,24+,25-,26-,27+/m1/s1. The minimum Gasteiger partial charge on any atom is -0.466 e. The Bertz CT molecular complexity index is 709. The number of rotatable bonds is 5. The molecule has 1 spiro atoms. The van der Waals surface area contributed by atoms with Gasteiger partial charge in [0.15, 0.2) is 0 Å². The average molecular weight is 399 g/mol. The number of esters is 1. The fourth-order valence-corrected chi connectivity index (χ4v) is 9.82. The minimum absolute atomic E-state index is 0.135. The summed E-state index contributed by atoms with van der Waals surface area (Å²) in [5, 5.41) is 0. The van der Waals surface area contributed by atoms with Crippen molar-refractivity contribution in [3.05, 3.63) is 11.6 Å². The van der Waals surface area contributed by atoms with Crippen LogP contribution in [0, 0.1) is 45.8 Å². The molecular formula is C27H42O2. The lowest BCUT2D eigenvalue weighted by Gasteiger charge is -2.59. The van der Waals surface area contributed by atoms with Crippen molar-refractivity contribution in [3.8, 4) is 0 Å². The molecule has 162 valence electrons. The van der Waals surface area contributed by atoms with Crippen LogP contribution in [-0.4, -0.2) is 12.6 Å². The molecule has 0 bridgehead atoms. The zero-order valence-electron chi connectivity index (χ0n) is 19.3. The number of fused-ring (bicyclic) bond motifs is 4. The van der Waals surface area contributed by atoms with Crippen LogP contribution < -0.4 is 0 Å². The van der Waals surface area contributed by atoms with Crippen molar-refractivity contribution in [2.24, 2.45) is 45.8 Å². The van der Waals surface area contributed by atoms with E-state index < -0.39 is 0 Å². The first-order valence-electron chi connectivity index (χ1n) is 12.6. The Kier molecular flexibility index (Phi) is 4.76. The summed E-state index contributed by atoms with van der Waals surface area (Å²) in [5.41, 5.74) is 3.65. The van der Waals surface area contributed by atoms with Gasteiger partial charge in [-0.2, -0.15) is 0 Å². The Morgan fingerprint density at radius 3 is 2.69 bits per heavy atom. The van der Waals surface area contributed by atoms with Crippen LogP contribution in [0.5, 0.6) is 0 Å². The molecule has 5 aliphatic rings. The Balaban J connectivity index is 1.35. The number of unbranched alkanes of at least 4 members (excludes halogenated alkanes) is 1. The molecule has 0 aromatic rings. The lowest BCUT2D eigenvalue weighted by molar-refractivity contribution is -0.141. The highest BCUT2D eigenvalue weighted by atomic mass is 16.5. The third-order valence-electron chi connectivity index (χ3n) is 11.2. The largest absolute Gasteiger partial charge is 0.466 e. The van der Waals surface area contributed by atoms with Gasteiger partial charge in [-0.05, 0) is 123 Å². The smallest absolute Gasteiger partial charge is 0.302 e. The second-order valence-corrected chi connectivity index (χ2v) is 11.9. The topological polar surface area (TPSA) is 26.3 Å². The Labute approximate surface area is 178 Å². The van der Waals surface area contributed by atoms with E-state index in [0.717, 1.165) is 41.4 Å². The number of carbonyl (C=O) groups excluding carboxylic acids is 1. The van der Waals surface area contributed by atoms with Crippen molar-refractivity contribution in [2.75, 3.05) is 6.61 Å². The highest BCUT2D eigenvalue weighted by molar-refractivity contribution is 5.65. The summed E-state index contributed by atoms with van der Waals surface area (Å²) in [4.78, 5) is 11.1. The van der Waals surface area contributed by atoms with E-state index in [-0.39, 0.29) is 5.97 Å². The number of carbonyl (C=O) groups is 1. The van der Waals surface area contributed by atoms with Gasteiger partial charge in [0.25, 0.3) is 0 Å². The fourth-order valence-electron chi connectivity index (χ4n) is 9.82. The maximum absolute atomic E-state index is 11.1. The molecule has 2 heteroatoms. The van der Waals surface area contributed by atoms with E-state index in [9.17, 15) is 4.79 Å². The third kappa shape index (κ3) is 2.76. The van der Waals surface area contributed by atoms with Crippen LogP contribution >= 0.6 is 0 Å². The summed E-state index contributed by atoms with van der Waals surface area (Å²) >= 11 is 0. The summed E-state index contributed by atoms with van der Waals surface area (Å²) in [6.45, 7) is 9.76. The maximum atomic E-state index is 11.1. The van der Waals surface area contributed by atoms with Crippen molar-refractivity contribution >= 4 is 5.97 Å². The van der Waals surface area contributed by atoms with Gasteiger partial charge in [0, 0.05) is 6.92 Å². The Morgan fingerprint density at radius 2 is 1.97 bits per heavy atom. The second-order valence-electron chi connectivity index (χ2n) is 11.9. The zero-order valence-corrected chi connectivity index (χ0v) is 19.3. The molecule has 8 atom stereocenters. The molecule has 5 saturated carbocycles. The molecule has 0 aliphatic heterocycles. The third-order valence-corrected chi connectivity index (χ3v) is 11.2. The summed E-state index contributed by atoms with van der Waals surface area (Å²) in [6.07, 6.45) is 17.9. The monoisotopic (exact) mass is 398 g/mol. The maximum Gasteiger partial charge on any atom is 0.302 e. The van der Waals surface area contributed by atoms with E-state index >= 15 is 0 Å². The number of allylic oxidation sites excluding steroid dienone is 2. The summed E-state index contributed by atoms with van der Waals surface area (Å²) in [6, 6.07) is 0. The molecule has 29 heavy (non-hydrogen) atoms. The molecule has 2 nitrogen and oxygen atoms in total. The van der Waals surface area contributed by atoms with Crippen molar-refractivity contribution in [1.29, 1.82) is 0 Å². The van der Waals surface area contributed by atoms with Gasteiger partial charge >= 0.3 is 5.97 Å². The second kappa shape index (κ2) is 6.86. The number of hydrogen-bond acceptors (Lipinski definition) is 2. The molecule has 0 aromatic carbocycles. The van der Waals surface area contributed by atoms with Crippen LogP contribution in [0.2, 0.25) is 0 Å². The minimum atomic E-state index is -0.135. The van der Waals surface area contributed by atoms with Crippen LogP contribution in [0.1, 0.15) is 98.3 Å². The predicted molar refractivity (Wildman–Crippen MR) is 117 cm³/mol. The predicted octanol–water partition coefficient (Wildman–Crippen LogP) is 6.93. The summed E-state index contributed by atoms with van der Waals surface area (Å²) in [5.74, 6) is 4.65. The molecule has 0 radical (unpaired) electrons. The highest BCUT2D eigenvalue weighted by Gasteiger charge is 2.73. The lowest BCUT2D eigenvalue weighted by Crippen LogP contribution is -2.52. The van der Waals surface area contributed by atoms with E-state index in [1.54, 1.807) is 12.0 Å². The van der Waals surface area contributed by atoms with Crippen LogP contribution in [0.25, 0.3) is 0 Å². The van der Waals surface area contributed by atoms with Gasteiger partial charge in [-0.1, -0.05) is 25.5 Å². The van der Waals surface area contributed by atoms with Crippen LogP contribution in [0.4, 0.5) is 0 Å². The van der Waals surface area contributed by atoms with E-state index in [2.05, 4.69) is 26.8 Å². The van der Waals surface area contributed by atoms with E-state index in [1.807, 2.05) is 0 Å². The molecule has 5 rings (SSSR count). The quantitative estimate of drug-likeness (QED) is 0.285. The normalized spacial score (nSPS) is 51.2. The van der Waals surface area contributed by atoms with Gasteiger partial charge in [-0.15, -0.1) is 0 Å². The first kappa shape index (κ1) is 20.1. The van der Waals surface area contributed by atoms with Gasteiger partial charge in [0.05, 0.1) is 6.61 Å². The Hall–Kier alpha value is -0.790. The summed E-state index contributed by atoms with van der Waals surface area (Å²) < 4.78 is 5.19. The van der Waals surface area contributed by atoms with Gasteiger partial charge < -0.3 is 4.74 Å². The van der Waals surface area contributed by atoms with Crippen molar-refractivity contribution in [2.45, 2.75) is 98.3 Å². The van der Waals surface area contributed by atoms with Crippen LogP contribution in [0.3, 0.4) is 0 Å². The Morgan fingerprint density at radius 1 is 1.14 bits per heavy atom. The average Bonchev–Trinajstić information content (AvgIpc) is 3.21. The van der Waals surface area contributed by atoms with Gasteiger partial charge in [0.2, 0.25) is 0 Å². The molecule has 0 amide bonds. The summed E-state index contributed by atoms with van der Waals surface area (Å²) in [7, 11) is 0. The molecule has 0 N–H and O–H groups in total. The number of ether oxygens (including phenoxy) is 1. The van der Waals surface area contributed by atoms with E-state index in [1.165, 1.54) is 64.7 Å². The van der Waals surface area contributed by atoms with Gasteiger partial charge in [-0.3, -0.25) is 4.79 Å². The van der Waals surface area contributed by atoms with Crippen LogP contribution in [-0.2, 0) is 9.53 Å². The molecule has 5 aliphatic carbocycles. The molecule has 0 heterocycles. The molecule has 0 saturated heterocycles. The number of hydrogen-bond donors (Lipinski definition) is 0. The van der Waals surface area contributed by atoms with Crippen molar-refractivity contribution in [1.82, 2.24) is 0 Å². The zero-order chi connectivity index (χ0) is 20.4.